The van der Waals surface area contributed by atoms with Crippen molar-refractivity contribution in [1.82, 2.24) is 15.2 Å². The normalized spacial score (nSPS) is 11.1. The molecule has 0 fully saturated rings. The zero-order valence-electron chi connectivity index (χ0n) is 10.3. The standard InChI is InChI=1S/C14H12ClN3O/c1-2-10-13(14(19)18-17-10)12-7-9(15)8-5-3-4-6-11(8)16-12/h3-7H,2H2,1H3,(H2,17,18,19). The lowest BCUT2D eigenvalue weighted by Crippen LogP contribution is -2.03. The van der Waals surface area contributed by atoms with Crippen LogP contribution in [0.2, 0.25) is 5.02 Å². The molecule has 96 valence electrons. The second-order valence-corrected chi connectivity index (χ2v) is 4.70. The molecule has 0 aliphatic carbocycles. The molecule has 0 saturated heterocycles. The summed E-state index contributed by atoms with van der Waals surface area (Å²) in [5.41, 5.74) is 2.62. The molecular weight excluding hydrogens is 262 g/mol. The van der Waals surface area contributed by atoms with Gasteiger partial charge in [-0.2, -0.15) is 0 Å². The number of fused-ring (bicyclic) bond motifs is 1. The highest BCUT2D eigenvalue weighted by molar-refractivity contribution is 6.35. The molecule has 4 nitrogen and oxygen atoms in total. The summed E-state index contributed by atoms with van der Waals surface area (Å²) in [6.07, 6.45) is 0.722. The minimum Gasteiger partial charge on any atom is -0.302 e. The Hall–Kier alpha value is -2.07. The summed E-state index contributed by atoms with van der Waals surface area (Å²) in [4.78, 5) is 16.4. The Bertz CT molecular complexity index is 804. The van der Waals surface area contributed by atoms with E-state index in [0.717, 1.165) is 23.0 Å². The average Bonchev–Trinajstić information content (AvgIpc) is 2.80. The number of aromatic nitrogens is 3. The van der Waals surface area contributed by atoms with E-state index in [2.05, 4.69) is 15.2 Å². The number of nitrogens with zero attached hydrogens (tertiary/aromatic N) is 1. The fourth-order valence-electron chi connectivity index (χ4n) is 2.19. The van der Waals surface area contributed by atoms with E-state index in [1.54, 1.807) is 6.07 Å². The van der Waals surface area contributed by atoms with Crippen molar-refractivity contribution in [2.24, 2.45) is 0 Å². The Kier molecular flexibility index (Phi) is 2.87. The van der Waals surface area contributed by atoms with Gasteiger partial charge in [-0.3, -0.25) is 9.89 Å². The van der Waals surface area contributed by atoms with E-state index in [-0.39, 0.29) is 5.56 Å². The van der Waals surface area contributed by atoms with E-state index in [4.69, 9.17) is 11.6 Å². The molecule has 3 rings (SSSR count). The Morgan fingerprint density at radius 3 is 2.84 bits per heavy atom. The van der Waals surface area contributed by atoms with E-state index in [1.165, 1.54) is 0 Å². The minimum absolute atomic E-state index is 0.171. The number of para-hydroxylation sites is 1. The molecule has 19 heavy (non-hydrogen) atoms. The zero-order valence-corrected chi connectivity index (χ0v) is 11.1. The summed E-state index contributed by atoms with van der Waals surface area (Å²) in [6.45, 7) is 1.98. The van der Waals surface area contributed by atoms with E-state index in [0.29, 0.717) is 16.3 Å². The summed E-state index contributed by atoms with van der Waals surface area (Å²) in [6, 6.07) is 9.35. The lowest BCUT2D eigenvalue weighted by molar-refractivity contribution is 0.964. The van der Waals surface area contributed by atoms with E-state index >= 15 is 0 Å². The van der Waals surface area contributed by atoms with Crippen LogP contribution < -0.4 is 5.56 Å². The second kappa shape index (κ2) is 4.55. The molecule has 3 aromatic rings. The largest absolute Gasteiger partial charge is 0.302 e. The Labute approximate surface area is 114 Å². The molecule has 0 radical (unpaired) electrons. The molecule has 0 aliphatic rings. The number of rotatable bonds is 2. The number of benzene rings is 1. The van der Waals surface area contributed by atoms with Crippen molar-refractivity contribution in [2.45, 2.75) is 13.3 Å². The van der Waals surface area contributed by atoms with Gasteiger partial charge in [-0.1, -0.05) is 36.7 Å². The molecule has 1 aromatic carbocycles. The van der Waals surface area contributed by atoms with Gasteiger partial charge in [-0.15, -0.1) is 0 Å². The first kappa shape index (κ1) is 12.0. The van der Waals surface area contributed by atoms with Crippen LogP contribution in [0.1, 0.15) is 12.6 Å². The number of nitrogens with one attached hydrogen (secondary N) is 2. The highest BCUT2D eigenvalue weighted by Gasteiger charge is 2.14. The van der Waals surface area contributed by atoms with Crippen LogP contribution in [0.4, 0.5) is 0 Å². The van der Waals surface area contributed by atoms with E-state index in [9.17, 15) is 4.79 Å². The van der Waals surface area contributed by atoms with Gasteiger partial charge in [0, 0.05) is 11.1 Å². The maximum absolute atomic E-state index is 11.9. The second-order valence-electron chi connectivity index (χ2n) is 4.29. The molecule has 5 heteroatoms. The van der Waals surface area contributed by atoms with Crippen molar-refractivity contribution in [3.63, 3.8) is 0 Å². The van der Waals surface area contributed by atoms with Gasteiger partial charge in [0.25, 0.3) is 5.56 Å². The molecule has 0 aliphatic heterocycles. The van der Waals surface area contributed by atoms with Gasteiger partial charge in [0.05, 0.1) is 21.8 Å². The third-order valence-corrected chi connectivity index (χ3v) is 3.44. The number of aromatic amines is 2. The first-order valence-corrected chi connectivity index (χ1v) is 6.43. The maximum Gasteiger partial charge on any atom is 0.273 e. The molecule has 2 aromatic heterocycles. The molecule has 0 saturated carbocycles. The first-order chi connectivity index (χ1) is 9.20. The highest BCUT2D eigenvalue weighted by Crippen LogP contribution is 2.27. The van der Waals surface area contributed by atoms with E-state index in [1.807, 2.05) is 31.2 Å². The number of hydrogen-bond acceptors (Lipinski definition) is 2. The van der Waals surface area contributed by atoms with Crippen molar-refractivity contribution < 1.29 is 0 Å². The Morgan fingerprint density at radius 1 is 1.26 bits per heavy atom. The number of pyridine rings is 1. The van der Waals surface area contributed by atoms with Crippen molar-refractivity contribution in [1.29, 1.82) is 0 Å². The van der Waals surface area contributed by atoms with Crippen LogP contribution in [0.15, 0.2) is 35.1 Å². The summed E-state index contributed by atoms with van der Waals surface area (Å²) >= 11 is 6.26. The van der Waals surface area contributed by atoms with Gasteiger partial charge >= 0.3 is 0 Å². The predicted molar refractivity (Wildman–Crippen MR) is 76.5 cm³/mol. The Morgan fingerprint density at radius 2 is 2.05 bits per heavy atom. The third kappa shape index (κ3) is 1.94. The highest BCUT2D eigenvalue weighted by atomic mass is 35.5. The van der Waals surface area contributed by atoms with Gasteiger partial charge in [-0.25, -0.2) is 4.98 Å². The van der Waals surface area contributed by atoms with Crippen LogP contribution in [0, 0.1) is 0 Å². The maximum atomic E-state index is 11.9. The predicted octanol–water partition coefficient (Wildman–Crippen LogP) is 3.13. The number of hydrogen-bond donors (Lipinski definition) is 2. The zero-order chi connectivity index (χ0) is 13.4. The lowest BCUT2D eigenvalue weighted by atomic mass is 10.1. The van der Waals surface area contributed by atoms with Gasteiger partial charge < -0.3 is 5.10 Å². The fraction of sp³-hybridized carbons (Fsp3) is 0.143. The van der Waals surface area contributed by atoms with Crippen LogP contribution >= 0.6 is 11.6 Å². The van der Waals surface area contributed by atoms with Crippen LogP contribution in [0.5, 0.6) is 0 Å². The summed E-state index contributed by atoms with van der Waals surface area (Å²) in [5, 5.41) is 6.95. The molecule has 0 spiro atoms. The topological polar surface area (TPSA) is 61.5 Å². The van der Waals surface area contributed by atoms with Crippen molar-refractivity contribution in [3.05, 3.63) is 51.4 Å². The van der Waals surface area contributed by atoms with Gasteiger partial charge in [0.1, 0.15) is 0 Å². The van der Waals surface area contributed by atoms with Crippen LogP contribution in [0.25, 0.3) is 22.2 Å². The molecule has 0 amide bonds. The lowest BCUT2D eigenvalue weighted by Gasteiger charge is -2.04. The quantitative estimate of drug-likeness (QED) is 0.753. The molecular formula is C14H12ClN3O. The smallest absolute Gasteiger partial charge is 0.273 e. The number of halogens is 1. The van der Waals surface area contributed by atoms with Gasteiger partial charge in [0.15, 0.2) is 0 Å². The van der Waals surface area contributed by atoms with Crippen LogP contribution in [0.3, 0.4) is 0 Å². The van der Waals surface area contributed by atoms with Crippen LogP contribution in [-0.2, 0) is 6.42 Å². The SMILES string of the molecule is CCc1[nH][nH]c(=O)c1-c1cc(Cl)c2ccccc2n1. The third-order valence-electron chi connectivity index (χ3n) is 3.13. The minimum atomic E-state index is -0.171. The first-order valence-electron chi connectivity index (χ1n) is 6.06. The van der Waals surface area contributed by atoms with Crippen molar-refractivity contribution in [2.75, 3.05) is 0 Å². The molecule has 0 unspecified atom stereocenters. The molecule has 0 bridgehead atoms. The molecule has 2 heterocycles. The number of H-pyrrole nitrogens is 2. The van der Waals surface area contributed by atoms with Crippen LogP contribution in [-0.4, -0.2) is 15.2 Å². The fourth-order valence-corrected chi connectivity index (χ4v) is 2.45. The average molecular weight is 274 g/mol. The van der Waals surface area contributed by atoms with Gasteiger partial charge in [0.2, 0.25) is 0 Å². The monoisotopic (exact) mass is 273 g/mol. The molecule has 0 atom stereocenters. The summed E-state index contributed by atoms with van der Waals surface area (Å²) in [7, 11) is 0. The van der Waals surface area contributed by atoms with Crippen molar-refractivity contribution in [3.8, 4) is 11.3 Å². The van der Waals surface area contributed by atoms with Crippen molar-refractivity contribution >= 4 is 22.5 Å². The molecule has 2 N–H and O–H groups in total. The Balaban J connectivity index is 2.31. The van der Waals surface area contributed by atoms with E-state index < -0.39 is 0 Å². The summed E-state index contributed by atoms with van der Waals surface area (Å²) in [5.74, 6) is 0. The summed E-state index contributed by atoms with van der Waals surface area (Å²) < 4.78 is 0. The number of aryl methyl sites for hydroxylation is 1. The van der Waals surface area contributed by atoms with Gasteiger partial charge in [-0.05, 0) is 18.6 Å².